The molecular weight excluding hydrogens is 322 g/mol. The van der Waals surface area contributed by atoms with Gasteiger partial charge in [0.05, 0.1) is 11.8 Å². The van der Waals surface area contributed by atoms with Crippen LogP contribution in [-0.4, -0.2) is 43.1 Å². The number of rotatable bonds is 4. The van der Waals surface area contributed by atoms with Gasteiger partial charge in [-0.15, -0.1) is 0 Å². The maximum absolute atomic E-state index is 12.3. The van der Waals surface area contributed by atoms with Gasteiger partial charge in [0.2, 0.25) is 5.95 Å². The van der Waals surface area contributed by atoms with E-state index in [1.165, 1.54) is 18.6 Å². The van der Waals surface area contributed by atoms with Crippen LogP contribution in [-0.2, 0) is 0 Å². The molecule has 0 aromatic carbocycles. The first-order valence-electron chi connectivity index (χ1n) is 8.24. The highest BCUT2D eigenvalue weighted by atomic mass is 16.4. The number of nitrogens with zero attached hydrogens (tertiary/aromatic N) is 4. The summed E-state index contributed by atoms with van der Waals surface area (Å²) in [5.41, 5.74) is 0.256. The minimum Gasteiger partial charge on any atom is -0.430 e. The van der Waals surface area contributed by atoms with Crippen molar-refractivity contribution in [2.45, 2.75) is 19.3 Å². The SMILES string of the molecule is CN(C)c1nc(N2CCCCC2)ncc1NC(=O)c1ccc(=O)oc1. The molecule has 0 bridgehead atoms. The second-order valence-corrected chi connectivity index (χ2v) is 6.15. The number of hydrogen-bond acceptors (Lipinski definition) is 7. The van der Waals surface area contributed by atoms with Crippen LogP contribution < -0.4 is 20.7 Å². The van der Waals surface area contributed by atoms with Crippen molar-refractivity contribution >= 4 is 23.4 Å². The van der Waals surface area contributed by atoms with Crippen LogP contribution in [0.1, 0.15) is 29.6 Å². The molecule has 1 saturated heterocycles. The molecule has 1 amide bonds. The number of piperidine rings is 1. The summed E-state index contributed by atoms with van der Waals surface area (Å²) in [7, 11) is 3.72. The van der Waals surface area contributed by atoms with Crippen molar-refractivity contribution in [3.63, 3.8) is 0 Å². The van der Waals surface area contributed by atoms with E-state index in [0.29, 0.717) is 17.5 Å². The molecule has 1 N–H and O–H groups in total. The van der Waals surface area contributed by atoms with Crippen molar-refractivity contribution in [1.82, 2.24) is 9.97 Å². The van der Waals surface area contributed by atoms with Crippen molar-refractivity contribution in [3.8, 4) is 0 Å². The quantitative estimate of drug-likeness (QED) is 0.904. The molecule has 25 heavy (non-hydrogen) atoms. The number of carbonyl (C=O) groups excluding carboxylic acids is 1. The zero-order valence-corrected chi connectivity index (χ0v) is 14.4. The van der Waals surface area contributed by atoms with Gasteiger partial charge in [0.25, 0.3) is 5.91 Å². The first-order chi connectivity index (χ1) is 12.0. The lowest BCUT2D eigenvalue weighted by Crippen LogP contribution is -2.31. The summed E-state index contributed by atoms with van der Waals surface area (Å²) in [6, 6.07) is 2.62. The zero-order chi connectivity index (χ0) is 17.8. The average molecular weight is 343 g/mol. The third-order valence-corrected chi connectivity index (χ3v) is 4.03. The molecular formula is C17H21N5O3. The lowest BCUT2D eigenvalue weighted by molar-refractivity contribution is 0.102. The van der Waals surface area contributed by atoms with Gasteiger partial charge in [0, 0.05) is 33.3 Å². The highest BCUT2D eigenvalue weighted by Crippen LogP contribution is 2.25. The Morgan fingerprint density at radius 3 is 2.64 bits per heavy atom. The van der Waals surface area contributed by atoms with E-state index in [-0.39, 0.29) is 11.5 Å². The van der Waals surface area contributed by atoms with Gasteiger partial charge in [0.1, 0.15) is 12.0 Å². The molecule has 1 fully saturated rings. The van der Waals surface area contributed by atoms with Gasteiger partial charge in [-0.05, 0) is 25.3 Å². The van der Waals surface area contributed by atoms with Gasteiger partial charge >= 0.3 is 5.63 Å². The van der Waals surface area contributed by atoms with Crippen LogP contribution in [0.15, 0.2) is 33.8 Å². The number of nitrogens with one attached hydrogen (secondary N) is 1. The predicted molar refractivity (Wildman–Crippen MR) is 95.4 cm³/mol. The number of carbonyl (C=O) groups is 1. The van der Waals surface area contributed by atoms with E-state index in [9.17, 15) is 9.59 Å². The smallest absolute Gasteiger partial charge is 0.335 e. The Labute approximate surface area is 145 Å². The molecule has 132 valence electrons. The number of amides is 1. The molecule has 0 spiro atoms. The van der Waals surface area contributed by atoms with Crippen molar-refractivity contribution in [1.29, 1.82) is 0 Å². The molecule has 3 heterocycles. The summed E-state index contributed by atoms with van der Waals surface area (Å²) in [5.74, 6) is 0.912. The Kier molecular flexibility index (Phi) is 4.97. The van der Waals surface area contributed by atoms with Crippen LogP contribution in [0.4, 0.5) is 17.5 Å². The van der Waals surface area contributed by atoms with Crippen LogP contribution >= 0.6 is 0 Å². The molecule has 1 aliphatic rings. The lowest BCUT2D eigenvalue weighted by atomic mass is 10.1. The molecule has 1 aliphatic heterocycles. The average Bonchev–Trinajstić information content (AvgIpc) is 2.63. The summed E-state index contributed by atoms with van der Waals surface area (Å²) in [5, 5.41) is 2.77. The molecule has 0 saturated carbocycles. The monoisotopic (exact) mass is 343 g/mol. The van der Waals surface area contributed by atoms with Crippen molar-refractivity contribution in [2.75, 3.05) is 42.3 Å². The highest BCUT2D eigenvalue weighted by molar-refractivity contribution is 6.05. The van der Waals surface area contributed by atoms with Crippen molar-refractivity contribution in [2.24, 2.45) is 0 Å². The van der Waals surface area contributed by atoms with E-state index >= 15 is 0 Å². The molecule has 0 unspecified atom stereocenters. The second-order valence-electron chi connectivity index (χ2n) is 6.15. The van der Waals surface area contributed by atoms with Gasteiger partial charge in [-0.1, -0.05) is 0 Å². The fourth-order valence-corrected chi connectivity index (χ4v) is 2.72. The van der Waals surface area contributed by atoms with Gasteiger partial charge in [-0.3, -0.25) is 4.79 Å². The van der Waals surface area contributed by atoms with E-state index in [1.54, 1.807) is 6.20 Å². The van der Waals surface area contributed by atoms with Crippen LogP contribution in [0.25, 0.3) is 0 Å². The Morgan fingerprint density at radius 2 is 2.00 bits per heavy atom. The maximum atomic E-state index is 12.3. The topological polar surface area (TPSA) is 91.6 Å². The minimum absolute atomic E-state index is 0.254. The molecule has 2 aromatic heterocycles. The first kappa shape index (κ1) is 16.9. The van der Waals surface area contributed by atoms with Crippen LogP contribution in [0.5, 0.6) is 0 Å². The molecule has 3 rings (SSSR count). The Bertz CT molecular complexity index is 792. The minimum atomic E-state index is -0.500. The van der Waals surface area contributed by atoms with Crippen LogP contribution in [0, 0.1) is 0 Å². The molecule has 8 nitrogen and oxygen atoms in total. The van der Waals surface area contributed by atoms with E-state index < -0.39 is 5.63 Å². The standard InChI is InChI=1S/C17H21N5O3/c1-21(2)15-13(19-16(24)12-6-7-14(23)25-11-12)10-18-17(20-15)22-8-4-3-5-9-22/h6-7,10-11H,3-5,8-9H2,1-2H3,(H,19,24). The summed E-state index contributed by atoms with van der Waals surface area (Å²) < 4.78 is 4.73. The van der Waals surface area contributed by atoms with Gasteiger partial charge < -0.3 is 19.5 Å². The van der Waals surface area contributed by atoms with Crippen molar-refractivity contribution in [3.05, 3.63) is 40.6 Å². The van der Waals surface area contributed by atoms with Crippen LogP contribution in [0.3, 0.4) is 0 Å². The number of aromatic nitrogens is 2. The third kappa shape index (κ3) is 3.96. The zero-order valence-electron chi connectivity index (χ0n) is 14.4. The summed E-state index contributed by atoms with van der Waals surface area (Å²) in [6.45, 7) is 1.89. The van der Waals surface area contributed by atoms with Gasteiger partial charge in [-0.2, -0.15) is 4.98 Å². The predicted octanol–water partition coefficient (Wildman–Crippen LogP) is 1.74. The summed E-state index contributed by atoms with van der Waals surface area (Å²) in [4.78, 5) is 36.3. The number of hydrogen-bond donors (Lipinski definition) is 1. The summed E-state index contributed by atoms with van der Waals surface area (Å²) in [6.07, 6.45) is 6.26. The van der Waals surface area contributed by atoms with E-state index in [4.69, 9.17) is 4.42 Å². The third-order valence-electron chi connectivity index (χ3n) is 4.03. The molecule has 0 atom stereocenters. The molecule has 0 aliphatic carbocycles. The Balaban J connectivity index is 1.83. The van der Waals surface area contributed by atoms with Crippen LogP contribution in [0.2, 0.25) is 0 Å². The Morgan fingerprint density at radius 1 is 1.24 bits per heavy atom. The highest BCUT2D eigenvalue weighted by Gasteiger charge is 2.18. The fourth-order valence-electron chi connectivity index (χ4n) is 2.72. The summed E-state index contributed by atoms with van der Waals surface area (Å²) >= 11 is 0. The van der Waals surface area contributed by atoms with E-state index in [1.807, 2.05) is 19.0 Å². The molecule has 2 aromatic rings. The lowest BCUT2D eigenvalue weighted by Gasteiger charge is -2.28. The van der Waals surface area contributed by atoms with Crippen molar-refractivity contribution < 1.29 is 9.21 Å². The number of anilines is 3. The Hall–Kier alpha value is -2.90. The normalized spacial score (nSPS) is 14.2. The van der Waals surface area contributed by atoms with E-state index in [0.717, 1.165) is 32.2 Å². The largest absolute Gasteiger partial charge is 0.430 e. The van der Waals surface area contributed by atoms with E-state index in [2.05, 4.69) is 20.2 Å². The van der Waals surface area contributed by atoms with Gasteiger partial charge in [0.15, 0.2) is 5.82 Å². The second kappa shape index (κ2) is 7.33. The van der Waals surface area contributed by atoms with Gasteiger partial charge in [-0.25, -0.2) is 9.78 Å². The molecule has 0 radical (unpaired) electrons. The fraction of sp³-hybridized carbons (Fsp3) is 0.412. The first-order valence-corrected chi connectivity index (χ1v) is 8.24. The maximum Gasteiger partial charge on any atom is 0.335 e. The molecule has 8 heteroatoms.